The van der Waals surface area contributed by atoms with E-state index in [0.29, 0.717) is 12.5 Å². The van der Waals surface area contributed by atoms with Gasteiger partial charge in [0.25, 0.3) is 5.56 Å². The highest BCUT2D eigenvalue weighted by molar-refractivity contribution is 7.18. The Balaban J connectivity index is 1.82. The van der Waals surface area contributed by atoms with Crippen molar-refractivity contribution in [2.45, 2.75) is 39.7 Å². The molecule has 0 unspecified atom stereocenters. The summed E-state index contributed by atoms with van der Waals surface area (Å²) in [6, 6.07) is 0. The molecule has 120 valence electrons. The van der Waals surface area contributed by atoms with Crippen LogP contribution in [0.2, 0.25) is 0 Å². The highest BCUT2D eigenvalue weighted by Crippen LogP contribution is 2.35. The molecule has 0 bridgehead atoms. The lowest BCUT2D eigenvalue weighted by Gasteiger charge is -2.17. The van der Waals surface area contributed by atoms with E-state index in [0.717, 1.165) is 40.7 Å². The summed E-state index contributed by atoms with van der Waals surface area (Å²) in [5, 5.41) is 5.10. The highest BCUT2D eigenvalue weighted by atomic mass is 32.1. The van der Waals surface area contributed by atoms with Gasteiger partial charge in [-0.3, -0.25) is 14.0 Å². The summed E-state index contributed by atoms with van der Waals surface area (Å²) < 4.78 is 3.55. The van der Waals surface area contributed by atoms with Gasteiger partial charge in [0.15, 0.2) is 0 Å². The molecule has 0 saturated carbocycles. The van der Waals surface area contributed by atoms with Gasteiger partial charge in [-0.1, -0.05) is 6.92 Å². The van der Waals surface area contributed by atoms with Gasteiger partial charge >= 0.3 is 0 Å². The van der Waals surface area contributed by atoms with E-state index in [4.69, 9.17) is 0 Å². The molecule has 23 heavy (non-hydrogen) atoms. The van der Waals surface area contributed by atoms with Gasteiger partial charge in [-0.25, -0.2) is 4.98 Å². The molecule has 1 aliphatic carbocycles. The van der Waals surface area contributed by atoms with Crippen LogP contribution >= 0.6 is 11.3 Å². The topological polar surface area (TPSA) is 52.7 Å². The first kappa shape index (κ1) is 14.6. The maximum absolute atomic E-state index is 13.0. The fourth-order valence-corrected chi connectivity index (χ4v) is 4.70. The normalized spacial score (nSPS) is 17.6. The molecule has 0 N–H and O–H groups in total. The molecule has 0 aromatic carbocycles. The fourth-order valence-electron chi connectivity index (χ4n) is 3.36. The second-order valence-electron chi connectivity index (χ2n) is 6.59. The van der Waals surface area contributed by atoms with Crippen molar-refractivity contribution < 1.29 is 0 Å². The predicted molar refractivity (Wildman–Crippen MR) is 92.1 cm³/mol. The number of thiophene rings is 1. The van der Waals surface area contributed by atoms with E-state index >= 15 is 0 Å². The maximum atomic E-state index is 13.0. The van der Waals surface area contributed by atoms with Gasteiger partial charge in [-0.15, -0.1) is 11.3 Å². The number of nitrogens with zero attached hydrogens (tertiary/aromatic N) is 4. The third kappa shape index (κ3) is 2.32. The molecule has 3 heterocycles. The first-order chi connectivity index (χ1) is 11.0. The molecule has 5 nitrogen and oxygen atoms in total. The Kier molecular flexibility index (Phi) is 3.37. The number of aromatic nitrogens is 4. The Morgan fingerprint density at radius 1 is 1.43 bits per heavy atom. The van der Waals surface area contributed by atoms with Crippen molar-refractivity contribution in [2.24, 2.45) is 13.0 Å². The fraction of sp³-hybridized carbons (Fsp3) is 0.471. The summed E-state index contributed by atoms with van der Waals surface area (Å²) in [5.41, 5.74) is 3.48. The average Bonchev–Trinajstić information content (AvgIpc) is 3.04. The minimum atomic E-state index is 0.0882. The van der Waals surface area contributed by atoms with Crippen molar-refractivity contribution >= 4 is 21.6 Å². The van der Waals surface area contributed by atoms with E-state index in [9.17, 15) is 4.79 Å². The van der Waals surface area contributed by atoms with E-state index in [2.05, 4.69) is 17.0 Å². The van der Waals surface area contributed by atoms with Crippen LogP contribution in [0.5, 0.6) is 0 Å². The SMILES string of the molecule is Cc1c(Cn2cnc3sc4c(c3c2=O)CC[C@@H](C)C4)cnn1C. The van der Waals surface area contributed by atoms with E-state index < -0.39 is 0 Å². The van der Waals surface area contributed by atoms with Crippen LogP contribution in [0.25, 0.3) is 10.2 Å². The van der Waals surface area contributed by atoms with Crippen molar-refractivity contribution in [1.29, 1.82) is 0 Å². The van der Waals surface area contributed by atoms with Crippen LogP contribution in [-0.4, -0.2) is 19.3 Å². The molecule has 0 fully saturated rings. The zero-order chi connectivity index (χ0) is 16.1. The number of aryl methyl sites for hydroxylation is 2. The minimum absolute atomic E-state index is 0.0882. The molecule has 0 spiro atoms. The van der Waals surface area contributed by atoms with Crippen molar-refractivity contribution in [3.8, 4) is 0 Å². The summed E-state index contributed by atoms with van der Waals surface area (Å²) in [4.78, 5) is 19.8. The summed E-state index contributed by atoms with van der Waals surface area (Å²) in [5.74, 6) is 0.704. The lowest BCUT2D eigenvalue weighted by Crippen LogP contribution is -2.22. The third-order valence-corrected chi connectivity index (χ3v) is 6.12. The lowest BCUT2D eigenvalue weighted by atomic mass is 9.89. The summed E-state index contributed by atoms with van der Waals surface area (Å²) in [6.07, 6.45) is 6.76. The van der Waals surface area contributed by atoms with Crippen molar-refractivity contribution in [3.63, 3.8) is 0 Å². The number of fused-ring (bicyclic) bond motifs is 3. The second kappa shape index (κ2) is 5.30. The zero-order valence-electron chi connectivity index (χ0n) is 13.7. The quantitative estimate of drug-likeness (QED) is 0.727. The molecule has 3 aromatic heterocycles. The summed E-state index contributed by atoms with van der Waals surface area (Å²) >= 11 is 1.70. The Morgan fingerprint density at radius 3 is 3.00 bits per heavy atom. The predicted octanol–water partition coefficient (Wildman–Crippen LogP) is 2.67. The van der Waals surface area contributed by atoms with Crippen molar-refractivity contribution in [2.75, 3.05) is 0 Å². The van der Waals surface area contributed by atoms with Gasteiger partial charge in [-0.05, 0) is 37.7 Å². The van der Waals surface area contributed by atoms with Gasteiger partial charge in [0.05, 0.1) is 24.5 Å². The van der Waals surface area contributed by atoms with Crippen LogP contribution in [0.1, 0.15) is 35.0 Å². The summed E-state index contributed by atoms with van der Waals surface area (Å²) in [7, 11) is 1.92. The van der Waals surface area contributed by atoms with E-state index in [-0.39, 0.29) is 5.56 Å². The molecular formula is C17H20N4OS. The molecule has 1 atom stereocenters. The largest absolute Gasteiger partial charge is 0.294 e. The van der Waals surface area contributed by atoms with Crippen molar-refractivity contribution in [3.05, 3.63) is 44.6 Å². The molecule has 1 aliphatic rings. The molecule has 0 radical (unpaired) electrons. The molecule has 0 amide bonds. The Hall–Kier alpha value is -1.95. The van der Waals surface area contributed by atoms with Crippen LogP contribution in [0, 0.1) is 12.8 Å². The highest BCUT2D eigenvalue weighted by Gasteiger charge is 2.23. The molecule has 6 heteroatoms. The monoisotopic (exact) mass is 328 g/mol. The van der Waals surface area contributed by atoms with Crippen LogP contribution < -0.4 is 5.56 Å². The maximum Gasteiger partial charge on any atom is 0.262 e. The molecular weight excluding hydrogens is 308 g/mol. The van der Waals surface area contributed by atoms with Crippen molar-refractivity contribution in [1.82, 2.24) is 19.3 Å². The molecule has 4 rings (SSSR count). The lowest BCUT2D eigenvalue weighted by molar-refractivity contribution is 0.509. The molecule has 0 saturated heterocycles. The van der Waals surface area contributed by atoms with Gasteiger partial charge in [0, 0.05) is 23.2 Å². The molecule has 0 aliphatic heterocycles. The van der Waals surface area contributed by atoms with Gasteiger partial charge in [0.2, 0.25) is 0 Å². The minimum Gasteiger partial charge on any atom is -0.294 e. The van der Waals surface area contributed by atoms with Crippen LogP contribution in [0.15, 0.2) is 17.3 Å². The Labute approximate surface area is 138 Å². The second-order valence-corrected chi connectivity index (χ2v) is 7.67. The first-order valence-electron chi connectivity index (χ1n) is 8.01. The number of rotatable bonds is 2. The smallest absolute Gasteiger partial charge is 0.262 e. The Morgan fingerprint density at radius 2 is 2.26 bits per heavy atom. The first-order valence-corrected chi connectivity index (χ1v) is 8.83. The Bertz CT molecular complexity index is 950. The third-order valence-electron chi connectivity index (χ3n) is 4.96. The van der Waals surface area contributed by atoms with Crippen LogP contribution in [0.3, 0.4) is 0 Å². The number of hydrogen-bond donors (Lipinski definition) is 0. The summed E-state index contributed by atoms with van der Waals surface area (Å²) in [6.45, 7) is 4.83. The zero-order valence-corrected chi connectivity index (χ0v) is 14.5. The standard InChI is InChI=1S/C17H20N4OS/c1-10-4-5-13-14(6-10)23-16-15(13)17(22)21(9-18-16)8-12-7-19-20(3)11(12)2/h7,9-10H,4-6,8H2,1-3H3/t10-/m1/s1. The number of hydrogen-bond acceptors (Lipinski definition) is 4. The van der Waals surface area contributed by atoms with Crippen LogP contribution in [0.4, 0.5) is 0 Å². The molecule has 3 aromatic rings. The van der Waals surface area contributed by atoms with E-state index in [1.165, 1.54) is 10.4 Å². The van der Waals surface area contributed by atoms with E-state index in [1.54, 1.807) is 22.2 Å². The van der Waals surface area contributed by atoms with Gasteiger partial charge in [-0.2, -0.15) is 5.10 Å². The van der Waals surface area contributed by atoms with Gasteiger partial charge < -0.3 is 0 Å². The van der Waals surface area contributed by atoms with Gasteiger partial charge in [0.1, 0.15) is 4.83 Å². The van der Waals surface area contributed by atoms with E-state index in [1.807, 2.05) is 24.9 Å². The average molecular weight is 328 g/mol. The van der Waals surface area contributed by atoms with Crippen LogP contribution in [-0.2, 0) is 26.4 Å².